The van der Waals surface area contributed by atoms with Gasteiger partial charge in [-0.15, -0.1) is 0 Å². The molecular weight excluding hydrogens is 328 g/mol. The molecule has 0 aliphatic carbocycles. The number of hydrogen-bond donors (Lipinski definition) is 1. The van der Waals surface area contributed by atoms with E-state index in [0.717, 1.165) is 16.9 Å². The van der Waals surface area contributed by atoms with Crippen molar-refractivity contribution in [2.24, 2.45) is 5.92 Å². The van der Waals surface area contributed by atoms with Gasteiger partial charge < -0.3 is 15.0 Å². The Kier molecular flexibility index (Phi) is 5.56. The molecule has 1 saturated heterocycles. The predicted molar refractivity (Wildman–Crippen MR) is 99.5 cm³/mol. The van der Waals surface area contributed by atoms with Crippen LogP contribution in [0, 0.1) is 12.8 Å². The van der Waals surface area contributed by atoms with E-state index in [1.165, 1.54) is 5.56 Å². The first-order chi connectivity index (χ1) is 12.5. The van der Waals surface area contributed by atoms with Crippen LogP contribution in [0.2, 0.25) is 0 Å². The van der Waals surface area contributed by atoms with Crippen molar-refractivity contribution in [3.8, 4) is 5.75 Å². The Morgan fingerprint density at radius 1 is 1.19 bits per heavy atom. The van der Waals surface area contributed by atoms with Gasteiger partial charge in [0.25, 0.3) is 0 Å². The van der Waals surface area contributed by atoms with E-state index in [0.29, 0.717) is 19.6 Å². The number of rotatable bonds is 6. The van der Waals surface area contributed by atoms with Gasteiger partial charge in [-0.1, -0.05) is 42.0 Å². The Morgan fingerprint density at radius 2 is 1.96 bits per heavy atom. The molecule has 0 bridgehead atoms. The fourth-order valence-corrected chi connectivity index (χ4v) is 3.21. The minimum absolute atomic E-state index is 0.0381. The van der Waals surface area contributed by atoms with Crippen molar-refractivity contribution in [2.45, 2.75) is 26.4 Å². The van der Waals surface area contributed by atoms with Crippen LogP contribution < -0.4 is 10.1 Å². The molecule has 2 aromatic rings. The summed E-state index contributed by atoms with van der Waals surface area (Å²) in [5.41, 5.74) is 3.26. The summed E-state index contributed by atoms with van der Waals surface area (Å²) in [4.78, 5) is 26.5. The fraction of sp³-hybridized carbons (Fsp3) is 0.333. The molecule has 136 valence electrons. The van der Waals surface area contributed by atoms with Gasteiger partial charge >= 0.3 is 0 Å². The number of benzene rings is 2. The molecule has 1 unspecified atom stereocenters. The lowest BCUT2D eigenvalue weighted by Gasteiger charge is -2.17. The summed E-state index contributed by atoms with van der Waals surface area (Å²) in [5, 5.41) is 2.93. The number of nitrogens with one attached hydrogen (secondary N) is 1. The van der Waals surface area contributed by atoms with Gasteiger partial charge in [-0.3, -0.25) is 9.59 Å². The topological polar surface area (TPSA) is 58.6 Å². The van der Waals surface area contributed by atoms with Crippen molar-refractivity contribution in [3.05, 3.63) is 65.2 Å². The number of methoxy groups -OCH3 is 1. The number of carbonyl (C=O) groups excluding carboxylic acids is 2. The number of hydrogen-bond acceptors (Lipinski definition) is 3. The van der Waals surface area contributed by atoms with E-state index in [1.807, 2.05) is 49.4 Å². The molecule has 0 aromatic heterocycles. The van der Waals surface area contributed by atoms with Crippen molar-refractivity contribution >= 4 is 11.8 Å². The summed E-state index contributed by atoms with van der Waals surface area (Å²) >= 11 is 0. The van der Waals surface area contributed by atoms with Crippen molar-refractivity contribution in [1.29, 1.82) is 0 Å². The van der Waals surface area contributed by atoms with E-state index in [-0.39, 0.29) is 24.2 Å². The molecule has 1 heterocycles. The van der Waals surface area contributed by atoms with Gasteiger partial charge in [0.2, 0.25) is 11.8 Å². The van der Waals surface area contributed by atoms with Gasteiger partial charge in [0.15, 0.2) is 0 Å². The normalized spacial score (nSPS) is 16.6. The van der Waals surface area contributed by atoms with E-state index in [1.54, 1.807) is 12.0 Å². The number of carbonyl (C=O) groups is 2. The minimum Gasteiger partial charge on any atom is -0.497 e. The molecule has 1 aliphatic rings. The maximum atomic E-state index is 12.4. The van der Waals surface area contributed by atoms with E-state index in [9.17, 15) is 9.59 Å². The van der Waals surface area contributed by atoms with Gasteiger partial charge in [-0.25, -0.2) is 0 Å². The highest BCUT2D eigenvalue weighted by molar-refractivity contribution is 5.89. The third kappa shape index (κ3) is 4.42. The molecule has 3 rings (SSSR count). The molecule has 0 saturated carbocycles. The minimum atomic E-state index is -0.287. The van der Waals surface area contributed by atoms with Gasteiger partial charge in [-0.05, 0) is 30.2 Å². The summed E-state index contributed by atoms with van der Waals surface area (Å²) in [6, 6.07) is 15.7. The second kappa shape index (κ2) is 8.04. The molecular formula is C21H24N2O3. The average Bonchev–Trinajstić information content (AvgIpc) is 3.01. The molecule has 2 aromatic carbocycles. The number of likely N-dealkylation sites (tertiary alicyclic amines) is 1. The van der Waals surface area contributed by atoms with Crippen molar-refractivity contribution in [1.82, 2.24) is 10.2 Å². The molecule has 5 nitrogen and oxygen atoms in total. The Hall–Kier alpha value is -2.82. The fourth-order valence-electron chi connectivity index (χ4n) is 3.21. The van der Waals surface area contributed by atoms with Crippen LogP contribution in [0.3, 0.4) is 0 Å². The molecule has 0 radical (unpaired) electrons. The highest BCUT2D eigenvalue weighted by atomic mass is 16.5. The summed E-state index contributed by atoms with van der Waals surface area (Å²) in [7, 11) is 1.62. The molecule has 0 spiro atoms. The van der Waals surface area contributed by atoms with Gasteiger partial charge in [0.1, 0.15) is 5.75 Å². The Morgan fingerprint density at radius 3 is 2.65 bits per heavy atom. The first kappa shape index (κ1) is 18.0. The summed E-state index contributed by atoms with van der Waals surface area (Å²) < 4.78 is 5.13. The maximum Gasteiger partial charge on any atom is 0.225 e. The molecule has 1 fully saturated rings. The predicted octanol–water partition coefficient (Wildman–Crippen LogP) is 2.67. The van der Waals surface area contributed by atoms with E-state index >= 15 is 0 Å². The zero-order valence-corrected chi connectivity index (χ0v) is 15.2. The Bertz CT molecular complexity index is 786. The van der Waals surface area contributed by atoms with Crippen molar-refractivity contribution in [3.63, 3.8) is 0 Å². The number of amides is 2. The van der Waals surface area contributed by atoms with Crippen LogP contribution in [0.4, 0.5) is 0 Å². The quantitative estimate of drug-likeness (QED) is 0.870. The largest absolute Gasteiger partial charge is 0.497 e. The molecule has 1 aliphatic heterocycles. The van der Waals surface area contributed by atoms with Crippen molar-refractivity contribution in [2.75, 3.05) is 13.7 Å². The molecule has 26 heavy (non-hydrogen) atoms. The van der Waals surface area contributed by atoms with Gasteiger partial charge in [0, 0.05) is 26.1 Å². The smallest absolute Gasteiger partial charge is 0.225 e. The molecule has 5 heteroatoms. The van der Waals surface area contributed by atoms with Crippen LogP contribution >= 0.6 is 0 Å². The summed E-state index contributed by atoms with van der Waals surface area (Å²) in [6.45, 7) is 3.51. The zero-order chi connectivity index (χ0) is 18.5. The van der Waals surface area contributed by atoms with Crippen molar-refractivity contribution < 1.29 is 14.3 Å². The van der Waals surface area contributed by atoms with Crippen LogP contribution in [0.25, 0.3) is 0 Å². The highest BCUT2D eigenvalue weighted by Crippen LogP contribution is 2.21. The first-order valence-corrected chi connectivity index (χ1v) is 8.79. The third-order valence-electron chi connectivity index (χ3n) is 4.67. The standard InChI is InChI=1S/C21H24N2O3/c1-15-4-3-5-17(10-15)13-23-14-18(11-20(23)24)21(25)22-12-16-6-8-19(26-2)9-7-16/h3-10,18H,11-14H2,1-2H3,(H,22,25). The number of ether oxygens (including phenoxy) is 1. The van der Waals surface area contributed by atoms with Crippen LogP contribution in [0.15, 0.2) is 48.5 Å². The van der Waals surface area contributed by atoms with E-state index in [4.69, 9.17) is 4.74 Å². The SMILES string of the molecule is COc1ccc(CNC(=O)C2CC(=O)N(Cc3cccc(C)c3)C2)cc1. The number of nitrogens with zero attached hydrogens (tertiary/aromatic N) is 1. The second-order valence-electron chi connectivity index (χ2n) is 6.73. The van der Waals surface area contributed by atoms with Crippen LogP contribution in [0.5, 0.6) is 5.75 Å². The van der Waals surface area contributed by atoms with Crippen LogP contribution in [-0.2, 0) is 22.7 Å². The van der Waals surface area contributed by atoms with Gasteiger partial charge in [-0.2, -0.15) is 0 Å². The lowest BCUT2D eigenvalue weighted by Crippen LogP contribution is -2.32. The molecule has 1 atom stereocenters. The van der Waals surface area contributed by atoms with Crippen LogP contribution in [-0.4, -0.2) is 30.4 Å². The average molecular weight is 352 g/mol. The van der Waals surface area contributed by atoms with Gasteiger partial charge in [0.05, 0.1) is 13.0 Å². The van der Waals surface area contributed by atoms with Crippen LogP contribution in [0.1, 0.15) is 23.1 Å². The van der Waals surface area contributed by atoms with E-state index in [2.05, 4.69) is 11.4 Å². The third-order valence-corrected chi connectivity index (χ3v) is 4.67. The zero-order valence-electron chi connectivity index (χ0n) is 15.2. The lowest BCUT2D eigenvalue weighted by atomic mass is 10.1. The second-order valence-corrected chi connectivity index (χ2v) is 6.73. The molecule has 1 N–H and O–H groups in total. The highest BCUT2D eigenvalue weighted by Gasteiger charge is 2.34. The Labute approximate surface area is 154 Å². The number of aryl methyl sites for hydroxylation is 1. The maximum absolute atomic E-state index is 12.4. The Balaban J connectivity index is 1.53. The first-order valence-electron chi connectivity index (χ1n) is 8.79. The van der Waals surface area contributed by atoms with E-state index < -0.39 is 0 Å². The monoisotopic (exact) mass is 352 g/mol. The summed E-state index contributed by atoms with van der Waals surface area (Å²) in [6.07, 6.45) is 0.278. The lowest BCUT2D eigenvalue weighted by molar-refractivity contribution is -0.129. The summed E-state index contributed by atoms with van der Waals surface area (Å²) in [5.74, 6) is 0.468. The molecule has 2 amide bonds.